The molecule has 0 spiro atoms. The molecule has 6 heteroatoms. The molecule has 1 saturated heterocycles. The third kappa shape index (κ3) is 2.67. The minimum Gasteiger partial charge on any atom is -0.488 e. The number of hydrogen-bond acceptors (Lipinski definition) is 5. The highest BCUT2D eigenvalue weighted by molar-refractivity contribution is 7.99. The fourth-order valence-corrected chi connectivity index (χ4v) is 3.33. The maximum Gasteiger partial charge on any atom is 0.229 e. The van der Waals surface area contributed by atoms with Gasteiger partial charge in [-0.2, -0.15) is 11.8 Å². The summed E-state index contributed by atoms with van der Waals surface area (Å²) in [6.07, 6.45) is 2.91. The molecule has 1 unspecified atom stereocenters. The summed E-state index contributed by atoms with van der Waals surface area (Å²) in [6, 6.07) is 5.60. The van der Waals surface area contributed by atoms with Crippen LogP contribution in [0.15, 0.2) is 28.9 Å². The summed E-state index contributed by atoms with van der Waals surface area (Å²) in [5.74, 6) is 3.18. The number of thioether (sulfide) groups is 1. The number of hydrogen-bond donors (Lipinski definition) is 1. The molecule has 100 valence electrons. The maximum atomic E-state index is 6.25. The molecule has 2 heterocycles. The summed E-state index contributed by atoms with van der Waals surface area (Å²) >= 11 is 8.16. The number of aromatic nitrogens is 1. The number of nitrogens with zero attached hydrogens (tertiary/aromatic N) is 1. The third-order valence-electron chi connectivity index (χ3n) is 3.02. The van der Waals surface area contributed by atoms with Gasteiger partial charge in [-0.05, 0) is 29.9 Å². The minimum absolute atomic E-state index is 0.258. The van der Waals surface area contributed by atoms with Crippen molar-refractivity contribution in [3.63, 3.8) is 0 Å². The lowest BCUT2D eigenvalue weighted by Gasteiger charge is -2.14. The van der Waals surface area contributed by atoms with E-state index >= 15 is 0 Å². The van der Waals surface area contributed by atoms with E-state index in [1.165, 1.54) is 0 Å². The van der Waals surface area contributed by atoms with Gasteiger partial charge in [-0.15, -0.1) is 0 Å². The van der Waals surface area contributed by atoms with Crippen LogP contribution in [-0.4, -0.2) is 22.8 Å². The van der Waals surface area contributed by atoms with Gasteiger partial charge in [-0.25, -0.2) is 0 Å². The topological polar surface area (TPSA) is 61.3 Å². The van der Waals surface area contributed by atoms with E-state index in [0.717, 1.165) is 29.1 Å². The Bertz CT molecular complexity index is 582. The van der Waals surface area contributed by atoms with Crippen LogP contribution in [0.3, 0.4) is 0 Å². The van der Waals surface area contributed by atoms with E-state index in [1.807, 2.05) is 30.0 Å². The monoisotopic (exact) mass is 296 g/mol. The van der Waals surface area contributed by atoms with Gasteiger partial charge in [0.05, 0.1) is 16.8 Å². The van der Waals surface area contributed by atoms with Crippen molar-refractivity contribution >= 4 is 29.2 Å². The lowest BCUT2D eigenvalue weighted by molar-refractivity contribution is 0.229. The zero-order valence-electron chi connectivity index (χ0n) is 10.1. The SMILES string of the molecule is Nc1oncc1-c1ccc(OC2CCSC2)c(Cl)c1. The molecule has 0 saturated carbocycles. The molecular formula is C13H13ClN2O2S. The fourth-order valence-electron chi connectivity index (χ4n) is 2.01. The van der Waals surface area contributed by atoms with Crippen LogP contribution in [-0.2, 0) is 0 Å². The third-order valence-corrected chi connectivity index (χ3v) is 4.45. The molecule has 2 N–H and O–H groups in total. The van der Waals surface area contributed by atoms with E-state index in [9.17, 15) is 0 Å². The number of nitrogens with two attached hydrogens (primary N) is 1. The van der Waals surface area contributed by atoms with Gasteiger partial charge in [-0.3, -0.25) is 0 Å². The van der Waals surface area contributed by atoms with Gasteiger partial charge >= 0.3 is 0 Å². The number of halogens is 1. The van der Waals surface area contributed by atoms with Gasteiger partial charge in [-0.1, -0.05) is 22.8 Å². The zero-order chi connectivity index (χ0) is 13.2. The van der Waals surface area contributed by atoms with E-state index in [4.69, 9.17) is 26.6 Å². The van der Waals surface area contributed by atoms with Crippen LogP contribution in [0.5, 0.6) is 5.75 Å². The summed E-state index contributed by atoms with van der Waals surface area (Å²) in [7, 11) is 0. The molecule has 0 aliphatic carbocycles. The van der Waals surface area contributed by atoms with Crippen LogP contribution in [0.4, 0.5) is 5.88 Å². The predicted molar refractivity (Wildman–Crippen MR) is 77.7 cm³/mol. The molecule has 19 heavy (non-hydrogen) atoms. The van der Waals surface area contributed by atoms with Crippen molar-refractivity contribution < 1.29 is 9.26 Å². The van der Waals surface area contributed by atoms with E-state index in [1.54, 1.807) is 6.20 Å². The van der Waals surface area contributed by atoms with Crippen molar-refractivity contribution in [3.05, 3.63) is 29.4 Å². The first-order chi connectivity index (χ1) is 9.24. The Morgan fingerprint density at radius 1 is 1.47 bits per heavy atom. The molecule has 4 nitrogen and oxygen atoms in total. The summed E-state index contributed by atoms with van der Waals surface area (Å²) in [4.78, 5) is 0. The van der Waals surface area contributed by atoms with Gasteiger partial charge in [0.15, 0.2) is 0 Å². The maximum absolute atomic E-state index is 6.25. The average molecular weight is 297 g/mol. The quantitative estimate of drug-likeness (QED) is 0.940. The number of benzene rings is 1. The van der Waals surface area contributed by atoms with Gasteiger partial charge in [0, 0.05) is 5.75 Å². The number of rotatable bonds is 3. The molecule has 1 aliphatic rings. The highest BCUT2D eigenvalue weighted by Gasteiger charge is 2.18. The van der Waals surface area contributed by atoms with Gasteiger partial charge in [0.1, 0.15) is 11.9 Å². The lowest BCUT2D eigenvalue weighted by Crippen LogP contribution is -2.14. The zero-order valence-corrected chi connectivity index (χ0v) is 11.7. The Kier molecular flexibility index (Phi) is 3.57. The first kappa shape index (κ1) is 12.7. The Hall–Kier alpha value is -1.33. The Morgan fingerprint density at radius 3 is 3.00 bits per heavy atom. The molecule has 1 fully saturated rings. The average Bonchev–Trinajstić information content (AvgIpc) is 3.03. The predicted octanol–water partition coefficient (Wildman–Crippen LogP) is 3.46. The molecule has 1 aliphatic heterocycles. The highest BCUT2D eigenvalue weighted by atomic mass is 35.5. The molecule has 3 rings (SSSR count). The second-order valence-electron chi connectivity index (χ2n) is 4.35. The van der Waals surface area contributed by atoms with Crippen molar-refractivity contribution in [2.24, 2.45) is 0 Å². The van der Waals surface area contributed by atoms with Crippen LogP contribution in [0.1, 0.15) is 6.42 Å². The second kappa shape index (κ2) is 5.35. The smallest absolute Gasteiger partial charge is 0.229 e. The van der Waals surface area contributed by atoms with Crippen LogP contribution in [0.2, 0.25) is 5.02 Å². The first-order valence-corrected chi connectivity index (χ1v) is 7.52. The molecule has 0 amide bonds. The van der Waals surface area contributed by atoms with Crippen LogP contribution in [0.25, 0.3) is 11.1 Å². The molecular weight excluding hydrogens is 284 g/mol. The number of nitrogen functional groups attached to an aromatic ring is 1. The Morgan fingerprint density at radius 2 is 2.37 bits per heavy atom. The van der Waals surface area contributed by atoms with Gasteiger partial charge in [0.2, 0.25) is 5.88 Å². The van der Waals surface area contributed by atoms with Crippen LogP contribution >= 0.6 is 23.4 Å². The van der Waals surface area contributed by atoms with Crippen molar-refractivity contribution in [1.29, 1.82) is 0 Å². The van der Waals surface area contributed by atoms with Crippen LogP contribution < -0.4 is 10.5 Å². The summed E-state index contributed by atoms with van der Waals surface area (Å²) in [5.41, 5.74) is 7.30. The van der Waals surface area contributed by atoms with E-state index in [-0.39, 0.29) is 12.0 Å². The number of ether oxygens (including phenoxy) is 1. The van der Waals surface area contributed by atoms with Gasteiger partial charge in [0.25, 0.3) is 0 Å². The molecule has 0 bridgehead atoms. The second-order valence-corrected chi connectivity index (χ2v) is 5.91. The van der Waals surface area contributed by atoms with E-state index in [2.05, 4.69) is 5.16 Å². The highest BCUT2D eigenvalue weighted by Crippen LogP contribution is 2.34. The van der Waals surface area contributed by atoms with Crippen LogP contribution in [0, 0.1) is 0 Å². The molecule has 0 radical (unpaired) electrons. The van der Waals surface area contributed by atoms with Crippen molar-refractivity contribution in [2.45, 2.75) is 12.5 Å². The Balaban J connectivity index is 1.83. The summed E-state index contributed by atoms with van der Waals surface area (Å²) < 4.78 is 10.7. The standard InChI is InChI=1S/C13H13ClN2O2S/c14-11-5-8(10-6-16-18-13(10)15)1-2-12(11)17-9-3-4-19-7-9/h1-2,5-6,9H,3-4,7,15H2. The summed E-state index contributed by atoms with van der Waals surface area (Å²) in [5, 5.41) is 4.23. The largest absolute Gasteiger partial charge is 0.488 e. The minimum atomic E-state index is 0.258. The first-order valence-electron chi connectivity index (χ1n) is 5.98. The van der Waals surface area contributed by atoms with Crippen molar-refractivity contribution in [2.75, 3.05) is 17.2 Å². The summed E-state index contributed by atoms with van der Waals surface area (Å²) in [6.45, 7) is 0. The van der Waals surface area contributed by atoms with Crippen molar-refractivity contribution in [3.8, 4) is 16.9 Å². The fraction of sp³-hybridized carbons (Fsp3) is 0.308. The number of anilines is 1. The van der Waals surface area contributed by atoms with E-state index < -0.39 is 0 Å². The molecule has 1 aromatic carbocycles. The molecule has 2 aromatic rings. The normalized spacial score (nSPS) is 18.7. The molecule has 1 atom stereocenters. The Labute approximate surface area is 120 Å². The van der Waals surface area contributed by atoms with Crippen molar-refractivity contribution in [1.82, 2.24) is 5.16 Å². The van der Waals surface area contributed by atoms with E-state index in [0.29, 0.717) is 10.8 Å². The van der Waals surface area contributed by atoms with Gasteiger partial charge < -0.3 is 15.0 Å². The molecule has 1 aromatic heterocycles. The lowest BCUT2D eigenvalue weighted by atomic mass is 10.1.